The van der Waals surface area contributed by atoms with E-state index in [2.05, 4.69) is 9.97 Å². The average molecular weight is 343 g/mol. The molecule has 25 heavy (non-hydrogen) atoms. The van der Waals surface area contributed by atoms with Crippen molar-refractivity contribution in [3.05, 3.63) is 41.8 Å². The zero-order valence-corrected chi connectivity index (χ0v) is 14.3. The van der Waals surface area contributed by atoms with Crippen LogP contribution in [0.15, 0.2) is 30.3 Å². The first-order valence-corrected chi connectivity index (χ1v) is 8.72. The van der Waals surface area contributed by atoms with Crippen LogP contribution in [-0.4, -0.2) is 33.6 Å². The summed E-state index contributed by atoms with van der Waals surface area (Å²) in [5.74, 6) is -0.337. The van der Waals surface area contributed by atoms with Crippen LogP contribution in [0.5, 0.6) is 0 Å². The van der Waals surface area contributed by atoms with E-state index in [1.165, 1.54) is 6.07 Å². The zero-order chi connectivity index (χ0) is 17.8. The molecule has 2 aromatic rings. The lowest BCUT2D eigenvalue weighted by Crippen LogP contribution is -2.45. The topological polar surface area (TPSA) is 66.3 Å². The lowest BCUT2D eigenvalue weighted by molar-refractivity contribution is -0.139. The molecule has 6 heteroatoms. The number of hydrogen-bond donors (Lipinski definition) is 1. The maximum absolute atomic E-state index is 14.2. The molecule has 0 saturated carbocycles. The van der Waals surface area contributed by atoms with Crippen LogP contribution < -0.4 is 4.90 Å². The van der Waals surface area contributed by atoms with Gasteiger partial charge in [-0.2, -0.15) is 0 Å². The number of carboxylic acids is 1. The van der Waals surface area contributed by atoms with Gasteiger partial charge in [-0.3, -0.25) is 0 Å². The van der Waals surface area contributed by atoms with Crippen molar-refractivity contribution in [2.75, 3.05) is 11.4 Å². The number of carbonyl (C=O) groups is 1. The molecule has 1 saturated heterocycles. The quantitative estimate of drug-likeness (QED) is 0.897. The minimum atomic E-state index is -0.845. The highest BCUT2D eigenvalue weighted by molar-refractivity contribution is 5.78. The largest absolute Gasteiger partial charge is 0.480 e. The van der Waals surface area contributed by atoms with Gasteiger partial charge in [-0.1, -0.05) is 25.5 Å². The Balaban J connectivity index is 2.07. The van der Waals surface area contributed by atoms with Gasteiger partial charge in [-0.25, -0.2) is 19.2 Å². The maximum atomic E-state index is 14.2. The normalized spacial score (nSPS) is 17.5. The van der Waals surface area contributed by atoms with E-state index < -0.39 is 12.0 Å². The maximum Gasteiger partial charge on any atom is 0.326 e. The number of aryl methyl sites for hydroxylation is 1. The summed E-state index contributed by atoms with van der Waals surface area (Å²) in [4.78, 5) is 22.4. The molecule has 1 aliphatic rings. The minimum Gasteiger partial charge on any atom is -0.480 e. The van der Waals surface area contributed by atoms with Crippen molar-refractivity contribution in [2.24, 2.45) is 0 Å². The summed E-state index contributed by atoms with van der Waals surface area (Å²) in [5.41, 5.74) is 1.14. The van der Waals surface area contributed by atoms with Gasteiger partial charge in [0, 0.05) is 18.3 Å². The van der Waals surface area contributed by atoms with E-state index >= 15 is 0 Å². The highest BCUT2D eigenvalue weighted by atomic mass is 19.1. The zero-order valence-electron chi connectivity index (χ0n) is 14.3. The number of nitrogens with zero attached hydrogens (tertiary/aromatic N) is 3. The molecule has 0 spiro atoms. The summed E-state index contributed by atoms with van der Waals surface area (Å²) in [5, 5.41) is 9.53. The van der Waals surface area contributed by atoms with Crippen molar-refractivity contribution in [1.82, 2.24) is 9.97 Å². The summed E-state index contributed by atoms with van der Waals surface area (Å²) in [6.07, 6.45) is 4.04. The lowest BCUT2D eigenvalue weighted by Gasteiger charge is -2.34. The number of carboxylic acid groups (broad SMARTS) is 1. The second kappa shape index (κ2) is 7.59. The number of aliphatic carboxylic acids is 1. The third-order valence-corrected chi connectivity index (χ3v) is 4.47. The second-order valence-corrected chi connectivity index (χ2v) is 6.31. The van der Waals surface area contributed by atoms with Crippen LogP contribution in [0.25, 0.3) is 11.4 Å². The molecule has 132 valence electrons. The number of benzene rings is 1. The fraction of sp³-hybridized carbons (Fsp3) is 0.421. The summed E-state index contributed by atoms with van der Waals surface area (Å²) < 4.78 is 14.2. The van der Waals surface area contributed by atoms with Crippen LogP contribution >= 0.6 is 0 Å². The molecule has 2 heterocycles. The van der Waals surface area contributed by atoms with E-state index in [1.54, 1.807) is 18.2 Å². The number of hydrogen-bond acceptors (Lipinski definition) is 4. The third kappa shape index (κ3) is 3.78. The van der Waals surface area contributed by atoms with Crippen LogP contribution in [0, 0.1) is 5.82 Å². The first-order valence-electron chi connectivity index (χ1n) is 8.72. The van der Waals surface area contributed by atoms with Gasteiger partial charge >= 0.3 is 5.97 Å². The first kappa shape index (κ1) is 17.3. The summed E-state index contributed by atoms with van der Waals surface area (Å²) in [6, 6.07) is 7.65. The molecule has 1 aromatic heterocycles. The number of halogens is 1. The summed E-state index contributed by atoms with van der Waals surface area (Å²) in [6.45, 7) is 2.68. The molecular weight excluding hydrogens is 321 g/mol. The van der Waals surface area contributed by atoms with Gasteiger partial charge in [0.05, 0.1) is 5.56 Å². The van der Waals surface area contributed by atoms with Gasteiger partial charge < -0.3 is 10.0 Å². The van der Waals surface area contributed by atoms with Crippen LogP contribution in [0.4, 0.5) is 10.2 Å². The molecule has 0 amide bonds. The Kier molecular flexibility index (Phi) is 5.26. The third-order valence-electron chi connectivity index (χ3n) is 4.47. The molecule has 0 bridgehead atoms. The summed E-state index contributed by atoms with van der Waals surface area (Å²) in [7, 11) is 0. The predicted molar refractivity (Wildman–Crippen MR) is 94.0 cm³/mol. The van der Waals surface area contributed by atoms with E-state index in [0.29, 0.717) is 30.2 Å². The van der Waals surface area contributed by atoms with Crippen molar-refractivity contribution in [3.8, 4) is 11.4 Å². The molecule has 1 N–H and O–H groups in total. The monoisotopic (exact) mass is 343 g/mol. The first-order chi connectivity index (χ1) is 12.1. The Morgan fingerprint density at radius 3 is 2.84 bits per heavy atom. The molecule has 3 rings (SSSR count). The molecule has 1 aromatic carbocycles. The van der Waals surface area contributed by atoms with Crippen LogP contribution in [-0.2, 0) is 11.2 Å². The van der Waals surface area contributed by atoms with E-state index in [9.17, 15) is 14.3 Å². The molecule has 0 aliphatic carbocycles. The highest BCUT2D eigenvalue weighted by Crippen LogP contribution is 2.27. The molecular formula is C19H22FN3O2. The lowest BCUT2D eigenvalue weighted by atomic mass is 10.0. The fourth-order valence-corrected chi connectivity index (χ4v) is 3.24. The van der Waals surface area contributed by atoms with E-state index in [4.69, 9.17) is 0 Å². The van der Waals surface area contributed by atoms with Crippen LogP contribution in [0.3, 0.4) is 0 Å². The summed E-state index contributed by atoms with van der Waals surface area (Å²) >= 11 is 0. The Morgan fingerprint density at radius 2 is 2.12 bits per heavy atom. The van der Waals surface area contributed by atoms with Gasteiger partial charge in [-0.05, 0) is 37.8 Å². The molecule has 1 atom stereocenters. The molecule has 5 nitrogen and oxygen atoms in total. The molecule has 1 fully saturated rings. The highest BCUT2D eigenvalue weighted by Gasteiger charge is 2.30. The van der Waals surface area contributed by atoms with E-state index in [1.807, 2.05) is 17.9 Å². The number of rotatable bonds is 5. The Bertz CT molecular complexity index is 766. The minimum absolute atomic E-state index is 0.314. The van der Waals surface area contributed by atoms with Crippen molar-refractivity contribution in [1.29, 1.82) is 0 Å². The van der Waals surface area contributed by atoms with Crippen molar-refractivity contribution < 1.29 is 14.3 Å². The van der Waals surface area contributed by atoms with Gasteiger partial charge in [-0.15, -0.1) is 0 Å². The number of piperidine rings is 1. The number of aromatic nitrogens is 2. The number of anilines is 1. The smallest absolute Gasteiger partial charge is 0.326 e. The SMILES string of the molecule is CCCc1cc(N2CCCCC2C(=O)O)nc(-c2ccccc2F)n1. The fourth-order valence-electron chi connectivity index (χ4n) is 3.24. The van der Waals surface area contributed by atoms with Gasteiger partial charge in [0.1, 0.15) is 17.7 Å². The van der Waals surface area contributed by atoms with Crippen molar-refractivity contribution >= 4 is 11.8 Å². The van der Waals surface area contributed by atoms with Gasteiger partial charge in [0.15, 0.2) is 5.82 Å². The van der Waals surface area contributed by atoms with Crippen molar-refractivity contribution in [2.45, 2.75) is 45.1 Å². The van der Waals surface area contributed by atoms with Crippen LogP contribution in [0.1, 0.15) is 38.3 Å². The second-order valence-electron chi connectivity index (χ2n) is 6.31. The van der Waals surface area contributed by atoms with E-state index in [0.717, 1.165) is 31.4 Å². The molecule has 1 unspecified atom stereocenters. The van der Waals surface area contributed by atoms with Gasteiger partial charge in [0.2, 0.25) is 0 Å². The molecule has 1 aliphatic heterocycles. The average Bonchev–Trinajstić information content (AvgIpc) is 2.62. The Morgan fingerprint density at radius 1 is 1.32 bits per heavy atom. The van der Waals surface area contributed by atoms with Crippen molar-refractivity contribution in [3.63, 3.8) is 0 Å². The predicted octanol–water partition coefficient (Wildman–Crippen LogP) is 3.68. The Hall–Kier alpha value is -2.50. The standard InChI is InChI=1S/C19H22FN3O2/c1-2-7-13-12-17(23-11-6-5-10-16(23)19(24)25)22-18(21-13)14-8-3-4-9-15(14)20/h3-4,8-9,12,16H,2,5-7,10-11H2,1H3,(H,24,25). The molecule has 0 radical (unpaired) electrons. The van der Waals surface area contributed by atoms with E-state index in [-0.39, 0.29) is 5.82 Å². The van der Waals surface area contributed by atoms with Crippen LogP contribution in [0.2, 0.25) is 0 Å². The Labute approximate surface area is 146 Å². The van der Waals surface area contributed by atoms with Gasteiger partial charge in [0.25, 0.3) is 0 Å².